The van der Waals surface area contributed by atoms with Gasteiger partial charge in [0.2, 0.25) is 6.33 Å². The largest absolute Gasteiger partial charge is 0.416 e. The molecule has 0 saturated heterocycles. The summed E-state index contributed by atoms with van der Waals surface area (Å²) in [6, 6.07) is 6.17. The molecule has 16 heteroatoms. The van der Waals surface area contributed by atoms with Gasteiger partial charge in [-0.15, -0.1) is 0 Å². The average Bonchev–Trinajstić information content (AvgIpc) is 3.52. The Balaban J connectivity index is 1.84. The fraction of sp³-hybridized carbons (Fsp3) is 0.286. The van der Waals surface area contributed by atoms with Crippen LogP contribution >= 0.6 is 0 Å². The highest BCUT2D eigenvalue weighted by Crippen LogP contribution is 2.48. The van der Waals surface area contributed by atoms with Crippen molar-refractivity contribution >= 4 is 0 Å². The van der Waals surface area contributed by atoms with Gasteiger partial charge in [0.05, 0.1) is 22.3 Å². The van der Waals surface area contributed by atoms with Gasteiger partial charge in [-0.05, 0) is 66.1 Å². The maximum Gasteiger partial charge on any atom is 0.416 e. The summed E-state index contributed by atoms with van der Waals surface area (Å²) in [6.07, 6.45) is -20.9. The second-order valence-corrected chi connectivity index (χ2v) is 10.1. The summed E-state index contributed by atoms with van der Waals surface area (Å²) in [5, 5.41) is 16.5. The van der Waals surface area contributed by atoms with Gasteiger partial charge in [0.15, 0.2) is 0 Å². The number of alkyl halides is 12. The van der Waals surface area contributed by atoms with Crippen molar-refractivity contribution < 1.29 is 62.4 Å². The maximum atomic E-state index is 13.8. The van der Waals surface area contributed by atoms with Crippen LogP contribution in [0.25, 0.3) is 5.69 Å². The van der Waals surface area contributed by atoms with E-state index < -0.39 is 69.7 Å². The Morgan fingerprint density at radius 3 is 1.39 bits per heavy atom. The fourth-order valence-electron chi connectivity index (χ4n) is 5.25. The molecule has 1 atom stereocenters. The monoisotopic (exact) mass is 640 g/mol. The minimum absolute atomic E-state index is 0.0804. The zero-order chi connectivity index (χ0) is 32.5. The topological polar surface area (TPSA) is 41.9 Å². The summed E-state index contributed by atoms with van der Waals surface area (Å²) >= 11 is 0. The molecular weight excluding hydrogens is 622 g/mol. The summed E-state index contributed by atoms with van der Waals surface area (Å²) in [7, 11) is 0. The first-order chi connectivity index (χ1) is 20.2. The van der Waals surface area contributed by atoms with E-state index in [-0.39, 0.29) is 55.1 Å². The zero-order valence-electron chi connectivity index (χ0n) is 21.7. The predicted molar refractivity (Wildman–Crippen MR) is 127 cm³/mol. The molecule has 0 amide bonds. The van der Waals surface area contributed by atoms with Crippen LogP contribution in [-0.4, -0.2) is 14.9 Å². The Bertz CT molecular complexity index is 1550. The van der Waals surface area contributed by atoms with Gasteiger partial charge < -0.3 is 5.11 Å². The molecule has 4 nitrogen and oxygen atoms in total. The van der Waals surface area contributed by atoms with Gasteiger partial charge in [0, 0.05) is 11.5 Å². The first kappa shape index (κ1) is 31.3. The number of aryl methyl sites for hydroxylation is 1. The molecule has 4 aromatic rings. The molecule has 0 bridgehead atoms. The van der Waals surface area contributed by atoms with Crippen molar-refractivity contribution in [3.8, 4) is 5.69 Å². The first-order valence-electron chi connectivity index (χ1n) is 12.6. The molecule has 0 fully saturated rings. The lowest BCUT2D eigenvalue weighted by molar-refractivity contribution is -0.731. The Hall–Kier alpha value is -4.08. The highest BCUT2D eigenvalue weighted by atomic mass is 19.4. The summed E-state index contributed by atoms with van der Waals surface area (Å²) in [6.45, 7) is 0. The predicted octanol–water partition coefficient (Wildman–Crippen LogP) is 7.66. The molecule has 1 N–H and O–H groups in total. The van der Waals surface area contributed by atoms with Gasteiger partial charge in [-0.1, -0.05) is 22.9 Å². The second-order valence-electron chi connectivity index (χ2n) is 10.1. The van der Waals surface area contributed by atoms with Gasteiger partial charge in [0.25, 0.3) is 5.82 Å². The molecule has 1 aromatic heterocycles. The summed E-state index contributed by atoms with van der Waals surface area (Å²) in [5.41, 5.74) is -13.0. The van der Waals surface area contributed by atoms with Crippen LogP contribution in [0.2, 0.25) is 0 Å². The van der Waals surface area contributed by atoms with Crippen LogP contribution < -0.4 is 4.57 Å². The molecule has 0 aliphatic carbocycles. The Morgan fingerprint density at radius 1 is 0.614 bits per heavy atom. The third-order valence-corrected chi connectivity index (χ3v) is 7.29. The van der Waals surface area contributed by atoms with E-state index in [1.165, 1.54) is 11.0 Å². The number of benzene rings is 3. The number of para-hydroxylation sites is 1. The Kier molecular flexibility index (Phi) is 7.30. The molecule has 2 heterocycles. The SMILES string of the molecule is OC(c1cc(C(F)(F)F)cc(C(F)(F)F)c1)(c1cc(C(F)(F)F)cc(C(F)(F)F)c1)[C@@H]1CCc2nn(-c3ccccc3)c[n+]21. The second kappa shape index (κ2) is 10.2. The minimum Gasteiger partial charge on any atom is -0.377 e. The van der Waals surface area contributed by atoms with Gasteiger partial charge in [-0.3, -0.25) is 0 Å². The lowest BCUT2D eigenvalue weighted by Crippen LogP contribution is -2.50. The number of halogens is 12. The van der Waals surface area contributed by atoms with E-state index in [2.05, 4.69) is 5.10 Å². The molecule has 5 rings (SSSR count). The van der Waals surface area contributed by atoms with Gasteiger partial charge in [-0.25, -0.2) is 4.57 Å². The molecule has 234 valence electrons. The lowest BCUT2D eigenvalue weighted by Gasteiger charge is -2.35. The Morgan fingerprint density at radius 2 is 1.00 bits per heavy atom. The van der Waals surface area contributed by atoms with E-state index in [4.69, 9.17) is 0 Å². The molecule has 1 aliphatic heterocycles. The van der Waals surface area contributed by atoms with Crippen molar-refractivity contribution in [2.45, 2.75) is 49.2 Å². The van der Waals surface area contributed by atoms with Crippen LogP contribution in [-0.2, 0) is 36.7 Å². The quantitative estimate of drug-likeness (QED) is 0.184. The van der Waals surface area contributed by atoms with Crippen molar-refractivity contribution in [3.05, 3.63) is 112 Å². The van der Waals surface area contributed by atoms with Gasteiger partial charge in [-0.2, -0.15) is 52.7 Å². The van der Waals surface area contributed by atoms with Crippen LogP contribution in [0.3, 0.4) is 0 Å². The molecule has 3 aromatic carbocycles. The van der Waals surface area contributed by atoms with E-state index >= 15 is 0 Å². The molecule has 1 aliphatic rings. The van der Waals surface area contributed by atoms with E-state index in [0.29, 0.717) is 5.69 Å². The number of aliphatic hydroxyl groups is 1. The molecule has 0 spiro atoms. The summed E-state index contributed by atoms with van der Waals surface area (Å²) in [5.74, 6) is 0.114. The van der Waals surface area contributed by atoms with Crippen molar-refractivity contribution in [1.82, 2.24) is 9.78 Å². The smallest absolute Gasteiger partial charge is 0.377 e. The van der Waals surface area contributed by atoms with Crippen LogP contribution in [0.1, 0.15) is 51.7 Å². The van der Waals surface area contributed by atoms with Crippen molar-refractivity contribution in [1.29, 1.82) is 0 Å². The highest BCUT2D eigenvalue weighted by Gasteiger charge is 2.52. The first-order valence-corrected chi connectivity index (χ1v) is 12.6. The number of nitrogens with zero attached hydrogens (tertiary/aromatic N) is 3. The number of hydrogen-bond acceptors (Lipinski definition) is 2. The molecule has 0 radical (unpaired) electrons. The van der Waals surface area contributed by atoms with E-state index in [1.807, 2.05) is 0 Å². The van der Waals surface area contributed by atoms with Crippen LogP contribution in [0.4, 0.5) is 52.7 Å². The highest BCUT2D eigenvalue weighted by molar-refractivity contribution is 5.46. The lowest BCUT2D eigenvalue weighted by atomic mass is 9.77. The number of aromatic nitrogens is 3. The fourth-order valence-corrected chi connectivity index (χ4v) is 5.25. The number of rotatable bonds is 4. The van der Waals surface area contributed by atoms with E-state index in [0.717, 1.165) is 4.57 Å². The van der Waals surface area contributed by atoms with E-state index in [1.54, 1.807) is 30.3 Å². The maximum absolute atomic E-state index is 13.8. The van der Waals surface area contributed by atoms with Gasteiger partial charge in [0.1, 0.15) is 17.3 Å². The normalized spacial score (nSPS) is 16.3. The van der Waals surface area contributed by atoms with E-state index in [9.17, 15) is 57.8 Å². The summed E-state index contributed by atoms with van der Waals surface area (Å²) < 4.78 is 168. The Labute approximate surface area is 239 Å². The number of hydrogen-bond donors (Lipinski definition) is 1. The molecular formula is C28H18F12N3O+. The van der Waals surface area contributed by atoms with Crippen molar-refractivity contribution in [3.63, 3.8) is 0 Å². The van der Waals surface area contributed by atoms with Crippen molar-refractivity contribution in [2.24, 2.45) is 0 Å². The average molecular weight is 640 g/mol. The van der Waals surface area contributed by atoms with Crippen LogP contribution in [0.15, 0.2) is 73.1 Å². The summed E-state index contributed by atoms with van der Waals surface area (Å²) in [4.78, 5) is 0. The number of fused-ring (bicyclic) bond motifs is 1. The van der Waals surface area contributed by atoms with Crippen LogP contribution in [0.5, 0.6) is 0 Å². The minimum atomic E-state index is -5.44. The molecule has 0 unspecified atom stereocenters. The third-order valence-electron chi connectivity index (χ3n) is 7.29. The van der Waals surface area contributed by atoms with Gasteiger partial charge >= 0.3 is 24.7 Å². The zero-order valence-corrected chi connectivity index (χ0v) is 21.7. The molecule has 0 saturated carbocycles. The van der Waals surface area contributed by atoms with Crippen LogP contribution in [0, 0.1) is 0 Å². The molecule has 44 heavy (non-hydrogen) atoms. The standard InChI is InChI=1S/C28H18F12N3O/c29-25(30,31)17-8-15(9-18(12-17)26(32,33)34)24(44,16-10-19(27(35,36)37)13-20(11-16)28(38,39)40)22-6-7-23-41-43(14-42(22)23)21-4-2-1-3-5-21/h1-5,8-14,22,44H,6-7H2/q+1/t22-/m0/s1. The third kappa shape index (κ3) is 5.74. The van der Waals surface area contributed by atoms with Crippen molar-refractivity contribution in [2.75, 3.05) is 0 Å².